The van der Waals surface area contributed by atoms with Crippen LogP contribution in [0.2, 0.25) is 0 Å². The number of hydrogen-bond donors (Lipinski definition) is 2. The summed E-state index contributed by atoms with van der Waals surface area (Å²) in [6.45, 7) is 3.90. The molecule has 0 saturated carbocycles. The number of aryl methyl sites for hydroxylation is 2. The summed E-state index contributed by atoms with van der Waals surface area (Å²) in [6, 6.07) is 7.94. The molecular formula is C17H23N5O. The van der Waals surface area contributed by atoms with Gasteiger partial charge in [-0.25, -0.2) is 5.43 Å². The zero-order valence-corrected chi connectivity index (χ0v) is 14.1. The molecule has 6 nitrogen and oxygen atoms in total. The van der Waals surface area contributed by atoms with Crippen molar-refractivity contribution in [1.29, 1.82) is 0 Å². The lowest BCUT2D eigenvalue weighted by Crippen LogP contribution is -2.18. The molecule has 1 heterocycles. The number of nitrogens with zero attached hydrogens (tertiary/aromatic N) is 3. The lowest BCUT2D eigenvalue weighted by Gasteiger charge is -2.11. The van der Waals surface area contributed by atoms with Gasteiger partial charge >= 0.3 is 0 Å². The van der Waals surface area contributed by atoms with Crippen LogP contribution >= 0.6 is 0 Å². The highest BCUT2D eigenvalue weighted by Gasteiger charge is 2.08. The molecule has 1 amide bonds. The maximum absolute atomic E-state index is 11.8. The van der Waals surface area contributed by atoms with Crippen LogP contribution in [0.3, 0.4) is 0 Å². The number of benzene rings is 1. The molecule has 0 radical (unpaired) electrons. The van der Waals surface area contributed by atoms with E-state index in [1.807, 2.05) is 57.1 Å². The zero-order chi connectivity index (χ0) is 16.8. The largest absolute Gasteiger partial charge is 0.378 e. The third kappa shape index (κ3) is 4.67. The lowest BCUT2D eigenvalue weighted by molar-refractivity contribution is -0.121. The lowest BCUT2D eigenvalue weighted by atomic mass is 10.1. The van der Waals surface area contributed by atoms with Crippen LogP contribution in [0, 0.1) is 13.8 Å². The highest BCUT2D eigenvalue weighted by molar-refractivity contribution is 5.83. The first-order valence-corrected chi connectivity index (χ1v) is 7.57. The summed E-state index contributed by atoms with van der Waals surface area (Å²) in [5.74, 6) is -0.105. The summed E-state index contributed by atoms with van der Waals surface area (Å²) in [5.41, 5.74) is 7.68. The molecule has 0 saturated heterocycles. The smallest absolute Gasteiger partial charge is 0.240 e. The molecule has 0 aliphatic heterocycles. The number of carbonyl (C=O) groups excluding carboxylic acids is 1. The minimum absolute atomic E-state index is 0.105. The highest BCUT2D eigenvalue weighted by atomic mass is 16.2. The summed E-state index contributed by atoms with van der Waals surface area (Å²) in [7, 11) is 3.99. The zero-order valence-electron chi connectivity index (χ0n) is 14.1. The number of amides is 1. The van der Waals surface area contributed by atoms with Gasteiger partial charge in [0, 0.05) is 31.9 Å². The number of aromatic amines is 1. The van der Waals surface area contributed by atoms with Gasteiger partial charge in [0.1, 0.15) is 0 Å². The number of carbonyl (C=O) groups is 1. The SMILES string of the molecule is Cc1n[nH]c(C)c1CCC(=O)N/N=C\c1ccc(N(C)C)cc1. The molecule has 0 bridgehead atoms. The molecule has 2 N–H and O–H groups in total. The molecule has 1 aromatic carbocycles. The maximum Gasteiger partial charge on any atom is 0.240 e. The van der Waals surface area contributed by atoms with Crippen molar-refractivity contribution < 1.29 is 4.79 Å². The summed E-state index contributed by atoms with van der Waals surface area (Å²) >= 11 is 0. The van der Waals surface area contributed by atoms with E-state index in [0.29, 0.717) is 12.8 Å². The Hall–Kier alpha value is -2.63. The van der Waals surface area contributed by atoms with E-state index >= 15 is 0 Å². The quantitative estimate of drug-likeness (QED) is 0.634. The molecule has 2 rings (SSSR count). The van der Waals surface area contributed by atoms with Crippen molar-refractivity contribution in [2.24, 2.45) is 5.10 Å². The van der Waals surface area contributed by atoms with E-state index in [9.17, 15) is 4.79 Å². The summed E-state index contributed by atoms with van der Waals surface area (Å²) in [4.78, 5) is 13.9. The Morgan fingerprint density at radius 2 is 2.00 bits per heavy atom. The molecule has 23 heavy (non-hydrogen) atoms. The van der Waals surface area contributed by atoms with E-state index in [4.69, 9.17) is 0 Å². The average Bonchev–Trinajstić information content (AvgIpc) is 2.84. The third-order valence-electron chi connectivity index (χ3n) is 3.70. The van der Waals surface area contributed by atoms with Gasteiger partial charge in [-0.05, 0) is 43.5 Å². The second kappa shape index (κ2) is 7.58. The molecule has 2 aromatic rings. The molecule has 122 valence electrons. The predicted octanol–water partition coefficient (Wildman–Crippen LogP) is 2.18. The van der Waals surface area contributed by atoms with Crippen molar-refractivity contribution in [3.63, 3.8) is 0 Å². The molecule has 0 fully saturated rings. The second-order valence-electron chi connectivity index (χ2n) is 5.69. The normalized spacial score (nSPS) is 11.0. The van der Waals surface area contributed by atoms with Crippen LogP contribution in [0.4, 0.5) is 5.69 Å². The van der Waals surface area contributed by atoms with E-state index < -0.39 is 0 Å². The number of H-pyrrole nitrogens is 1. The first kappa shape index (κ1) is 16.7. The van der Waals surface area contributed by atoms with E-state index in [1.165, 1.54) is 0 Å². The van der Waals surface area contributed by atoms with Gasteiger partial charge < -0.3 is 4.90 Å². The van der Waals surface area contributed by atoms with Crippen molar-refractivity contribution in [2.75, 3.05) is 19.0 Å². The van der Waals surface area contributed by atoms with Gasteiger partial charge in [-0.3, -0.25) is 9.89 Å². The van der Waals surface area contributed by atoms with Gasteiger partial charge in [0.15, 0.2) is 0 Å². The number of anilines is 1. The fourth-order valence-electron chi connectivity index (χ4n) is 2.27. The Labute approximate surface area is 136 Å². The second-order valence-corrected chi connectivity index (χ2v) is 5.69. The Morgan fingerprint density at radius 3 is 2.57 bits per heavy atom. The van der Waals surface area contributed by atoms with Crippen molar-refractivity contribution >= 4 is 17.8 Å². The first-order valence-electron chi connectivity index (χ1n) is 7.57. The fourth-order valence-corrected chi connectivity index (χ4v) is 2.27. The van der Waals surface area contributed by atoms with Gasteiger partial charge in [-0.1, -0.05) is 12.1 Å². The van der Waals surface area contributed by atoms with Crippen molar-refractivity contribution in [3.8, 4) is 0 Å². The number of hydrogen-bond acceptors (Lipinski definition) is 4. The van der Waals surface area contributed by atoms with Crippen LogP contribution in [-0.2, 0) is 11.2 Å². The maximum atomic E-state index is 11.8. The van der Waals surface area contributed by atoms with Crippen molar-refractivity contribution in [3.05, 3.63) is 46.8 Å². The molecule has 0 unspecified atom stereocenters. The van der Waals surface area contributed by atoms with E-state index in [-0.39, 0.29) is 5.91 Å². The molecule has 0 spiro atoms. The Morgan fingerprint density at radius 1 is 1.30 bits per heavy atom. The van der Waals surface area contributed by atoms with Crippen LogP contribution in [0.25, 0.3) is 0 Å². The molecule has 1 aromatic heterocycles. The number of nitrogens with one attached hydrogen (secondary N) is 2. The summed E-state index contributed by atoms with van der Waals surface area (Å²) < 4.78 is 0. The van der Waals surface area contributed by atoms with Crippen LogP contribution in [0.1, 0.15) is 28.9 Å². The molecule has 0 aliphatic rings. The Balaban J connectivity index is 1.82. The Bertz CT molecular complexity index is 666. The molecule has 0 aliphatic carbocycles. The minimum atomic E-state index is -0.105. The average molecular weight is 313 g/mol. The van der Waals surface area contributed by atoms with Crippen LogP contribution in [-0.4, -0.2) is 36.4 Å². The predicted molar refractivity (Wildman–Crippen MR) is 92.9 cm³/mol. The van der Waals surface area contributed by atoms with E-state index in [0.717, 1.165) is 28.2 Å². The number of hydrazone groups is 1. The van der Waals surface area contributed by atoms with E-state index in [1.54, 1.807) is 6.21 Å². The van der Waals surface area contributed by atoms with E-state index in [2.05, 4.69) is 20.7 Å². The van der Waals surface area contributed by atoms with Gasteiger partial charge in [-0.15, -0.1) is 0 Å². The number of rotatable bonds is 6. The highest BCUT2D eigenvalue weighted by Crippen LogP contribution is 2.12. The van der Waals surface area contributed by atoms with Gasteiger partial charge in [0.25, 0.3) is 0 Å². The first-order chi connectivity index (χ1) is 11.0. The van der Waals surface area contributed by atoms with Gasteiger partial charge in [-0.2, -0.15) is 10.2 Å². The van der Waals surface area contributed by atoms with Crippen LogP contribution in [0.15, 0.2) is 29.4 Å². The minimum Gasteiger partial charge on any atom is -0.378 e. The van der Waals surface area contributed by atoms with Crippen molar-refractivity contribution in [2.45, 2.75) is 26.7 Å². The van der Waals surface area contributed by atoms with Crippen molar-refractivity contribution in [1.82, 2.24) is 15.6 Å². The summed E-state index contributed by atoms with van der Waals surface area (Å²) in [6.07, 6.45) is 2.69. The monoisotopic (exact) mass is 313 g/mol. The van der Waals surface area contributed by atoms with Gasteiger partial charge in [0.2, 0.25) is 5.91 Å². The van der Waals surface area contributed by atoms with Gasteiger partial charge in [0.05, 0.1) is 11.9 Å². The topological polar surface area (TPSA) is 73.4 Å². The number of aromatic nitrogens is 2. The van der Waals surface area contributed by atoms with Crippen LogP contribution < -0.4 is 10.3 Å². The third-order valence-corrected chi connectivity index (χ3v) is 3.70. The molecular weight excluding hydrogens is 290 g/mol. The summed E-state index contributed by atoms with van der Waals surface area (Å²) in [5, 5.41) is 11.0. The molecule has 6 heteroatoms. The fraction of sp³-hybridized carbons (Fsp3) is 0.353. The van der Waals surface area contributed by atoms with Crippen LogP contribution in [0.5, 0.6) is 0 Å². The Kier molecular flexibility index (Phi) is 5.51. The molecule has 0 atom stereocenters. The standard InChI is InChI=1S/C17H23N5O/c1-12-16(13(2)20-19-12)9-10-17(23)21-18-11-14-5-7-15(8-6-14)22(3)4/h5-8,11H,9-10H2,1-4H3,(H,19,20)(H,21,23)/b18-11-.